The van der Waals surface area contributed by atoms with E-state index in [1.807, 2.05) is 31.2 Å². The van der Waals surface area contributed by atoms with Crippen LogP contribution in [0.5, 0.6) is 0 Å². The largest absolute Gasteiger partial charge is 0.351 e. The van der Waals surface area contributed by atoms with Crippen LogP contribution in [0.3, 0.4) is 0 Å². The van der Waals surface area contributed by atoms with Crippen LogP contribution in [0, 0.1) is 12.8 Å². The first-order valence-corrected chi connectivity index (χ1v) is 6.81. The van der Waals surface area contributed by atoms with Crippen molar-refractivity contribution in [3.05, 3.63) is 35.4 Å². The summed E-state index contributed by atoms with van der Waals surface area (Å²) in [5.74, 6) is 0.887. The number of carbonyl (C=O) groups excluding carboxylic acids is 1. The Morgan fingerprint density at radius 1 is 1.22 bits per heavy atom. The maximum atomic E-state index is 11.8. The molecule has 0 radical (unpaired) electrons. The Morgan fingerprint density at radius 3 is 2.56 bits per heavy atom. The summed E-state index contributed by atoms with van der Waals surface area (Å²) in [6.07, 6.45) is 4.11. The number of hydrogen-bond donors (Lipinski definition) is 2. The van der Waals surface area contributed by atoms with E-state index in [1.165, 1.54) is 24.8 Å². The fraction of sp³-hybridized carbons (Fsp3) is 0.533. The summed E-state index contributed by atoms with van der Waals surface area (Å²) >= 11 is 0. The van der Waals surface area contributed by atoms with E-state index in [2.05, 4.69) is 10.6 Å². The fourth-order valence-corrected chi connectivity index (χ4v) is 2.07. The highest BCUT2D eigenvalue weighted by Crippen LogP contribution is 2.24. The highest BCUT2D eigenvalue weighted by Gasteiger charge is 2.16. The second kappa shape index (κ2) is 6.55. The van der Waals surface area contributed by atoms with Crippen molar-refractivity contribution in [1.82, 2.24) is 10.6 Å². The molecule has 1 amide bonds. The van der Waals surface area contributed by atoms with Crippen molar-refractivity contribution < 1.29 is 4.79 Å². The Hall–Kier alpha value is -1.35. The number of nitrogens with one attached hydrogen (secondary N) is 2. The molecule has 1 aliphatic rings. The van der Waals surface area contributed by atoms with Crippen LogP contribution in [-0.2, 0) is 0 Å². The molecule has 3 nitrogen and oxygen atoms in total. The van der Waals surface area contributed by atoms with Gasteiger partial charge in [-0.15, -0.1) is 0 Å². The van der Waals surface area contributed by atoms with Gasteiger partial charge >= 0.3 is 0 Å². The predicted octanol–water partition coefficient (Wildman–Crippen LogP) is 2.11. The Kier molecular flexibility index (Phi) is 4.76. The molecule has 0 aromatic heterocycles. The summed E-state index contributed by atoms with van der Waals surface area (Å²) in [6.45, 7) is 4.67. The van der Waals surface area contributed by atoms with E-state index >= 15 is 0 Å². The first-order valence-electron chi connectivity index (χ1n) is 6.81. The molecule has 3 heteroatoms. The van der Waals surface area contributed by atoms with Crippen LogP contribution in [0.15, 0.2) is 24.3 Å². The molecule has 0 unspecified atom stereocenters. The summed E-state index contributed by atoms with van der Waals surface area (Å²) in [7, 11) is 0. The molecular weight excluding hydrogens is 224 g/mol. The Morgan fingerprint density at radius 2 is 1.94 bits per heavy atom. The zero-order valence-electron chi connectivity index (χ0n) is 11.0. The number of benzene rings is 1. The van der Waals surface area contributed by atoms with Crippen LogP contribution in [0.1, 0.15) is 35.2 Å². The normalized spacial score (nSPS) is 15.2. The molecule has 0 saturated heterocycles. The third kappa shape index (κ3) is 3.84. The van der Waals surface area contributed by atoms with Crippen molar-refractivity contribution in [3.63, 3.8) is 0 Å². The molecule has 1 aromatic carbocycles. The number of hydrogen-bond acceptors (Lipinski definition) is 2. The van der Waals surface area contributed by atoms with E-state index in [-0.39, 0.29) is 5.91 Å². The summed E-state index contributed by atoms with van der Waals surface area (Å²) in [6, 6.07) is 7.66. The third-order valence-corrected chi connectivity index (χ3v) is 3.56. The maximum Gasteiger partial charge on any atom is 0.251 e. The predicted molar refractivity (Wildman–Crippen MR) is 73.7 cm³/mol. The van der Waals surface area contributed by atoms with Gasteiger partial charge in [-0.25, -0.2) is 0 Å². The molecule has 1 fully saturated rings. The van der Waals surface area contributed by atoms with Crippen LogP contribution in [0.4, 0.5) is 0 Å². The molecule has 2 rings (SSSR count). The third-order valence-electron chi connectivity index (χ3n) is 3.56. The van der Waals surface area contributed by atoms with E-state index in [0.717, 1.165) is 24.6 Å². The topological polar surface area (TPSA) is 41.1 Å². The monoisotopic (exact) mass is 246 g/mol. The lowest BCUT2D eigenvalue weighted by Gasteiger charge is -2.25. The number of amides is 1. The molecular formula is C15H22N2O. The molecule has 18 heavy (non-hydrogen) atoms. The van der Waals surface area contributed by atoms with Gasteiger partial charge in [-0.3, -0.25) is 4.79 Å². The van der Waals surface area contributed by atoms with Crippen molar-refractivity contribution >= 4 is 5.91 Å². The van der Waals surface area contributed by atoms with Gasteiger partial charge in [0.15, 0.2) is 0 Å². The molecule has 0 atom stereocenters. The van der Waals surface area contributed by atoms with Crippen LogP contribution in [-0.4, -0.2) is 25.5 Å². The summed E-state index contributed by atoms with van der Waals surface area (Å²) < 4.78 is 0. The van der Waals surface area contributed by atoms with Gasteiger partial charge in [-0.1, -0.05) is 24.1 Å². The lowest BCUT2D eigenvalue weighted by atomic mass is 9.85. The minimum absolute atomic E-state index is 0.0143. The number of rotatable bonds is 6. The van der Waals surface area contributed by atoms with E-state index < -0.39 is 0 Å². The van der Waals surface area contributed by atoms with Gasteiger partial charge in [0.05, 0.1) is 0 Å². The standard InChI is InChI=1S/C15H22N2O/c1-12-5-7-14(8-6-12)15(18)17-10-9-16-11-13-3-2-4-13/h5-8,13,16H,2-4,9-11H2,1H3,(H,17,18). The first kappa shape index (κ1) is 13.1. The van der Waals surface area contributed by atoms with E-state index in [9.17, 15) is 4.79 Å². The molecule has 1 aliphatic carbocycles. The van der Waals surface area contributed by atoms with Gasteiger partial charge in [-0.2, -0.15) is 0 Å². The molecule has 0 heterocycles. The van der Waals surface area contributed by atoms with Crippen LogP contribution >= 0.6 is 0 Å². The molecule has 98 valence electrons. The lowest BCUT2D eigenvalue weighted by Crippen LogP contribution is -2.35. The Balaban J connectivity index is 1.60. The van der Waals surface area contributed by atoms with E-state index in [4.69, 9.17) is 0 Å². The summed E-state index contributed by atoms with van der Waals surface area (Å²) in [5.41, 5.74) is 1.91. The highest BCUT2D eigenvalue weighted by atomic mass is 16.1. The van der Waals surface area contributed by atoms with Crippen molar-refractivity contribution in [2.45, 2.75) is 26.2 Å². The fourth-order valence-electron chi connectivity index (χ4n) is 2.07. The van der Waals surface area contributed by atoms with E-state index in [0.29, 0.717) is 6.54 Å². The van der Waals surface area contributed by atoms with Crippen molar-refractivity contribution in [2.24, 2.45) is 5.92 Å². The second-order valence-corrected chi connectivity index (χ2v) is 5.12. The Bertz CT molecular complexity index is 382. The quantitative estimate of drug-likeness (QED) is 0.755. The molecule has 0 bridgehead atoms. The van der Waals surface area contributed by atoms with E-state index in [1.54, 1.807) is 0 Å². The SMILES string of the molecule is Cc1ccc(C(=O)NCCNCC2CCC2)cc1. The maximum absolute atomic E-state index is 11.8. The first-order chi connectivity index (χ1) is 8.75. The molecule has 1 aromatic rings. The minimum atomic E-state index is 0.0143. The smallest absolute Gasteiger partial charge is 0.251 e. The van der Waals surface area contributed by atoms with Gasteiger partial charge in [0.25, 0.3) is 5.91 Å². The summed E-state index contributed by atoms with van der Waals surface area (Å²) in [5, 5.41) is 6.32. The molecule has 0 aliphatic heterocycles. The van der Waals surface area contributed by atoms with Gasteiger partial charge in [0.2, 0.25) is 0 Å². The van der Waals surface area contributed by atoms with Gasteiger partial charge in [0, 0.05) is 18.7 Å². The van der Waals surface area contributed by atoms with Crippen molar-refractivity contribution in [2.75, 3.05) is 19.6 Å². The number of aryl methyl sites for hydroxylation is 1. The number of carbonyl (C=O) groups is 1. The zero-order valence-corrected chi connectivity index (χ0v) is 11.0. The average molecular weight is 246 g/mol. The molecule has 1 saturated carbocycles. The van der Waals surface area contributed by atoms with Gasteiger partial charge in [0.1, 0.15) is 0 Å². The molecule has 2 N–H and O–H groups in total. The van der Waals surface area contributed by atoms with Gasteiger partial charge in [-0.05, 0) is 44.4 Å². The van der Waals surface area contributed by atoms with Crippen LogP contribution < -0.4 is 10.6 Å². The summed E-state index contributed by atoms with van der Waals surface area (Å²) in [4.78, 5) is 11.8. The zero-order chi connectivity index (χ0) is 12.8. The van der Waals surface area contributed by atoms with Crippen LogP contribution in [0.25, 0.3) is 0 Å². The lowest BCUT2D eigenvalue weighted by molar-refractivity contribution is 0.0953. The van der Waals surface area contributed by atoms with Crippen LogP contribution in [0.2, 0.25) is 0 Å². The van der Waals surface area contributed by atoms with Gasteiger partial charge < -0.3 is 10.6 Å². The van der Waals surface area contributed by atoms with Crippen molar-refractivity contribution in [3.8, 4) is 0 Å². The molecule has 0 spiro atoms. The second-order valence-electron chi connectivity index (χ2n) is 5.12. The average Bonchev–Trinajstić information content (AvgIpc) is 2.32. The minimum Gasteiger partial charge on any atom is -0.351 e. The highest BCUT2D eigenvalue weighted by molar-refractivity contribution is 5.94. The van der Waals surface area contributed by atoms with Crippen molar-refractivity contribution in [1.29, 1.82) is 0 Å². The Labute approximate surface area is 109 Å².